The maximum absolute atomic E-state index is 12.0. The second-order valence-electron chi connectivity index (χ2n) is 3.50. The molecule has 0 aromatic heterocycles. The summed E-state index contributed by atoms with van der Waals surface area (Å²) in [5.41, 5.74) is 5.33. The number of rotatable bonds is 6. The van der Waals surface area contributed by atoms with E-state index in [0.29, 0.717) is 25.9 Å². The number of carbonyl (C=O) groups is 1. The minimum Gasteiger partial charge on any atom is -0.338 e. The Morgan fingerprint density at radius 3 is 2.21 bits per heavy atom. The van der Waals surface area contributed by atoms with Gasteiger partial charge in [0.05, 0.1) is 5.54 Å². The molecule has 0 aromatic rings. The molecule has 0 saturated carbocycles. The van der Waals surface area contributed by atoms with Crippen LogP contribution >= 0.6 is 0 Å². The van der Waals surface area contributed by atoms with Crippen LogP contribution in [0.4, 0.5) is 0 Å². The van der Waals surface area contributed by atoms with Crippen molar-refractivity contribution in [3.63, 3.8) is 0 Å². The third-order valence-electron chi connectivity index (χ3n) is 2.71. The van der Waals surface area contributed by atoms with Gasteiger partial charge in [-0.15, -0.1) is 6.58 Å². The highest BCUT2D eigenvalue weighted by Gasteiger charge is 2.32. The molecule has 0 rings (SSSR count). The predicted molar refractivity (Wildman–Crippen MR) is 60.0 cm³/mol. The first-order valence-electron chi connectivity index (χ1n) is 5.24. The van der Waals surface area contributed by atoms with E-state index in [1.807, 2.05) is 20.8 Å². The number of likely N-dealkylation sites (N-methyl/N-ethyl adjacent to an activating group) is 1. The fraction of sp³-hybridized carbons (Fsp3) is 0.727. The second kappa shape index (κ2) is 5.81. The molecule has 0 aliphatic heterocycles. The van der Waals surface area contributed by atoms with E-state index in [1.165, 1.54) is 0 Å². The van der Waals surface area contributed by atoms with Gasteiger partial charge in [-0.3, -0.25) is 4.79 Å². The molecule has 82 valence electrons. The molecule has 0 aromatic carbocycles. The first kappa shape index (κ1) is 13.2. The average Bonchev–Trinajstić information content (AvgIpc) is 2.23. The molecule has 3 nitrogen and oxygen atoms in total. The Morgan fingerprint density at radius 2 is 1.93 bits per heavy atom. The molecular weight excluding hydrogens is 176 g/mol. The number of amides is 1. The van der Waals surface area contributed by atoms with Gasteiger partial charge < -0.3 is 10.6 Å². The number of carbonyl (C=O) groups excluding carboxylic acids is 1. The maximum atomic E-state index is 12.0. The van der Waals surface area contributed by atoms with Gasteiger partial charge in [-0.25, -0.2) is 0 Å². The van der Waals surface area contributed by atoms with Crippen LogP contribution in [0.1, 0.15) is 33.6 Å². The van der Waals surface area contributed by atoms with Crippen molar-refractivity contribution in [1.29, 1.82) is 0 Å². The Morgan fingerprint density at radius 1 is 1.43 bits per heavy atom. The van der Waals surface area contributed by atoms with E-state index < -0.39 is 5.54 Å². The lowest BCUT2D eigenvalue weighted by Gasteiger charge is -2.31. The van der Waals surface area contributed by atoms with Crippen molar-refractivity contribution in [2.24, 2.45) is 5.73 Å². The minimum absolute atomic E-state index is 0.0323. The molecule has 2 N–H and O–H groups in total. The lowest BCUT2D eigenvalue weighted by Crippen LogP contribution is -2.54. The van der Waals surface area contributed by atoms with Crippen LogP contribution in [0.25, 0.3) is 0 Å². The van der Waals surface area contributed by atoms with Crippen LogP contribution < -0.4 is 5.73 Å². The van der Waals surface area contributed by atoms with Crippen molar-refractivity contribution in [2.45, 2.75) is 39.2 Å². The molecule has 0 bridgehead atoms. The maximum Gasteiger partial charge on any atom is 0.242 e. The largest absolute Gasteiger partial charge is 0.338 e. The number of hydrogen-bond acceptors (Lipinski definition) is 2. The summed E-state index contributed by atoms with van der Waals surface area (Å²) < 4.78 is 0. The summed E-state index contributed by atoms with van der Waals surface area (Å²) in [6.45, 7) is 10.7. The molecule has 3 heteroatoms. The van der Waals surface area contributed by atoms with E-state index in [0.717, 1.165) is 0 Å². The molecule has 0 fully saturated rings. The first-order valence-corrected chi connectivity index (χ1v) is 5.24. The molecule has 0 aliphatic rings. The van der Waals surface area contributed by atoms with Gasteiger partial charge in [0.15, 0.2) is 0 Å². The van der Waals surface area contributed by atoms with E-state index in [9.17, 15) is 4.79 Å². The fourth-order valence-electron chi connectivity index (χ4n) is 1.38. The van der Waals surface area contributed by atoms with Crippen molar-refractivity contribution in [1.82, 2.24) is 4.90 Å². The average molecular weight is 198 g/mol. The Kier molecular flexibility index (Phi) is 5.46. The zero-order chi connectivity index (χ0) is 11.2. The summed E-state index contributed by atoms with van der Waals surface area (Å²) in [5.74, 6) is 0.0323. The van der Waals surface area contributed by atoms with Crippen molar-refractivity contribution < 1.29 is 4.79 Å². The summed E-state index contributed by atoms with van der Waals surface area (Å²) in [6, 6.07) is 0. The molecule has 0 unspecified atom stereocenters. The quantitative estimate of drug-likeness (QED) is 0.658. The lowest BCUT2D eigenvalue weighted by atomic mass is 9.92. The van der Waals surface area contributed by atoms with E-state index in [4.69, 9.17) is 5.73 Å². The molecule has 0 radical (unpaired) electrons. The molecule has 0 spiro atoms. The molecule has 0 heterocycles. The van der Waals surface area contributed by atoms with Gasteiger partial charge in [0.1, 0.15) is 0 Å². The summed E-state index contributed by atoms with van der Waals surface area (Å²) in [6.07, 6.45) is 3.08. The van der Waals surface area contributed by atoms with E-state index in [2.05, 4.69) is 6.58 Å². The van der Waals surface area contributed by atoms with Crippen LogP contribution in [-0.2, 0) is 4.79 Å². The van der Waals surface area contributed by atoms with Gasteiger partial charge in [0.25, 0.3) is 0 Å². The molecular formula is C11H22N2O. The van der Waals surface area contributed by atoms with Gasteiger partial charge in [0.2, 0.25) is 5.91 Å². The predicted octanol–water partition coefficient (Wildman–Crippen LogP) is 1.54. The summed E-state index contributed by atoms with van der Waals surface area (Å²) in [4.78, 5) is 13.7. The van der Waals surface area contributed by atoms with Gasteiger partial charge >= 0.3 is 0 Å². The Balaban J connectivity index is 4.61. The number of nitrogens with two attached hydrogens (primary N) is 1. The molecule has 0 saturated heterocycles. The van der Waals surface area contributed by atoms with Crippen molar-refractivity contribution >= 4 is 5.91 Å². The van der Waals surface area contributed by atoms with Gasteiger partial charge in [-0.05, 0) is 19.8 Å². The second-order valence-corrected chi connectivity index (χ2v) is 3.50. The summed E-state index contributed by atoms with van der Waals surface area (Å²) in [5, 5.41) is 0. The molecule has 1 amide bonds. The van der Waals surface area contributed by atoms with Crippen molar-refractivity contribution in [2.75, 3.05) is 13.1 Å². The Labute approximate surface area is 87.0 Å². The summed E-state index contributed by atoms with van der Waals surface area (Å²) in [7, 11) is 0. The highest BCUT2D eigenvalue weighted by atomic mass is 16.2. The topological polar surface area (TPSA) is 46.3 Å². The monoisotopic (exact) mass is 198 g/mol. The van der Waals surface area contributed by atoms with Crippen LogP contribution in [0.15, 0.2) is 12.7 Å². The molecule has 0 atom stereocenters. The molecule has 0 aliphatic carbocycles. The van der Waals surface area contributed by atoms with Gasteiger partial charge in [0, 0.05) is 13.1 Å². The first-order chi connectivity index (χ1) is 6.55. The highest BCUT2D eigenvalue weighted by molar-refractivity contribution is 5.86. The fourth-order valence-corrected chi connectivity index (χ4v) is 1.38. The van der Waals surface area contributed by atoms with E-state index >= 15 is 0 Å². The van der Waals surface area contributed by atoms with Crippen LogP contribution in [0.2, 0.25) is 0 Å². The van der Waals surface area contributed by atoms with Gasteiger partial charge in [-0.1, -0.05) is 19.9 Å². The van der Waals surface area contributed by atoms with Crippen molar-refractivity contribution in [3.8, 4) is 0 Å². The summed E-state index contributed by atoms with van der Waals surface area (Å²) >= 11 is 0. The van der Waals surface area contributed by atoms with Crippen LogP contribution in [0.5, 0.6) is 0 Å². The Hall–Kier alpha value is -0.830. The Bertz CT molecular complexity index is 197. The zero-order valence-electron chi connectivity index (χ0n) is 9.55. The van der Waals surface area contributed by atoms with E-state index in [-0.39, 0.29) is 5.91 Å². The third kappa shape index (κ3) is 2.84. The van der Waals surface area contributed by atoms with Crippen LogP contribution in [0.3, 0.4) is 0 Å². The highest BCUT2D eigenvalue weighted by Crippen LogP contribution is 2.15. The van der Waals surface area contributed by atoms with Crippen LogP contribution in [0, 0.1) is 0 Å². The smallest absolute Gasteiger partial charge is 0.242 e. The number of nitrogens with zero attached hydrogens (tertiary/aromatic N) is 1. The third-order valence-corrected chi connectivity index (χ3v) is 2.71. The molecule has 14 heavy (non-hydrogen) atoms. The minimum atomic E-state index is -0.695. The van der Waals surface area contributed by atoms with Gasteiger partial charge in [-0.2, -0.15) is 0 Å². The normalized spacial score (nSPS) is 11.1. The van der Waals surface area contributed by atoms with Crippen LogP contribution in [-0.4, -0.2) is 29.4 Å². The van der Waals surface area contributed by atoms with Crippen molar-refractivity contribution in [3.05, 3.63) is 12.7 Å². The SMILES string of the molecule is C=CCN(CC)C(=O)C(N)(CC)CC. The lowest BCUT2D eigenvalue weighted by molar-refractivity contribution is -0.136. The zero-order valence-corrected chi connectivity index (χ0v) is 9.55. The van der Waals surface area contributed by atoms with E-state index in [1.54, 1.807) is 11.0 Å². The standard InChI is InChI=1S/C11H22N2O/c1-5-9-13(8-4)10(14)11(12,6-2)7-3/h5H,1,6-9,12H2,2-4H3. The number of hydrogen-bond donors (Lipinski definition) is 1.